The van der Waals surface area contributed by atoms with Gasteiger partial charge in [0.1, 0.15) is 12.4 Å². The Labute approximate surface area is 169 Å². The molecule has 148 valence electrons. The number of tetrazole rings is 1. The largest absolute Gasteiger partial charge is 0.341 e. The molecule has 1 aromatic heterocycles. The van der Waals surface area contributed by atoms with E-state index in [9.17, 15) is 9.59 Å². The Morgan fingerprint density at radius 2 is 1.62 bits per heavy atom. The molecule has 2 heterocycles. The second-order valence-electron chi connectivity index (χ2n) is 7.33. The minimum Gasteiger partial charge on any atom is -0.341 e. The zero-order valence-corrected chi connectivity index (χ0v) is 16.1. The van der Waals surface area contributed by atoms with E-state index in [4.69, 9.17) is 0 Å². The highest BCUT2D eigenvalue weighted by molar-refractivity contribution is 5.98. The molecular formula is C22H23N5O2. The number of aromatic nitrogens is 4. The maximum Gasteiger partial charge on any atom is 0.247 e. The molecule has 7 heteroatoms. The van der Waals surface area contributed by atoms with Gasteiger partial charge in [0.25, 0.3) is 0 Å². The smallest absolute Gasteiger partial charge is 0.247 e. The Balaban J connectivity index is 1.43. The van der Waals surface area contributed by atoms with Crippen LogP contribution in [0, 0.1) is 5.92 Å². The van der Waals surface area contributed by atoms with Gasteiger partial charge in [-0.15, -0.1) is 5.10 Å². The van der Waals surface area contributed by atoms with Crippen molar-refractivity contribution in [1.82, 2.24) is 25.1 Å². The highest BCUT2D eigenvalue weighted by Gasteiger charge is 2.32. The number of piperidine rings is 1. The Hall–Kier alpha value is -3.35. The molecule has 0 spiro atoms. The number of rotatable bonds is 6. The molecule has 1 amide bonds. The van der Waals surface area contributed by atoms with Crippen molar-refractivity contribution in [3.63, 3.8) is 0 Å². The Morgan fingerprint density at radius 3 is 2.24 bits per heavy atom. The highest BCUT2D eigenvalue weighted by atomic mass is 16.2. The van der Waals surface area contributed by atoms with Crippen molar-refractivity contribution in [3.8, 4) is 0 Å². The van der Waals surface area contributed by atoms with Crippen molar-refractivity contribution in [3.05, 3.63) is 78.1 Å². The molecule has 1 aliphatic rings. The molecule has 2 aromatic carbocycles. The van der Waals surface area contributed by atoms with E-state index >= 15 is 0 Å². The average molecular weight is 389 g/mol. The van der Waals surface area contributed by atoms with E-state index in [1.54, 1.807) is 0 Å². The van der Waals surface area contributed by atoms with Gasteiger partial charge >= 0.3 is 0 Å². The van der Waals surface area contributed by atoms with Crippen molar-refractivity contribution in [2.45, 2.75) is 25.3 Å². The molecule has 3 aromatic rings. The molecule has 1 unspecified atom stereocenters. The SMILES string of the molecule is O=C(c1ccccc1)C1CCN(C(=O)C(Cc2ccccc2)n2cnnn2)CC1. The van der Waals surface area contributed by atoms with Crippen LogP contribution < -0.4 is 0 Å². The normalized spacial score (nSPS) is 15.8. The van der Waals surface area contributed by atoms with Crippen molar-refractivity contribution in [2.24, 2.45) is 5.92 Å². The Bertz CT molecular complexity index is 936. The molecule has 0 saturated carbocycles. The molecule has 29 heavy (non-hydrogen) atoms. The maximum atomic E-state index is 13.3. The lowest BCUT2D eigenvalue weighted by molar-refractivity contribution is -0.136. The van der Waals surface area contributed by atoms with Gasteiger partial charge in [0.05, 0.1) is 0 Å². The van der Waals surface area contributed by atoms with Crippen LogP contribution in [0.1, 0.15) is 34.8 Å². The van der Waals surface area contributed by atoms with Gasteiger partial charge in [-0.2, -0.15) is 0 Å². The van der Waals surface area contributed by atoms with Crippen LogP contribution in [-0.2, 0) is 11.2 Å². The molecule has 1 aliphatic heterocycles. The summed E-state index contributed by atoms with van der Waals surface area (Å²) in [5, 5.41) is 11.4. The van der Waals surface area contributed by atoms with Crippen LogP contribution in [0.2, 0.25) is 0 Å². The van der Waals surface area contributed by atoms with E-state index in [0.29, 0.717) is 32.4 Å². The van der Waals surface area contributed by atoms with E-state index in [0.717, 1.165) is 11.1 Å². The zero-order chi connectivity index (χ0) is 20.1. The van der Waals surface area contributed by atoms with Crippen LogP contribution in [0.25, 0.3) is 0 Å². The molecule has 1 saturated heterocycles. The van der Waals surface area contributed by atoms with E-state index in [-0.39, 0.29) is 17.6 Å². The monoisotopic (exact) mass is 389 g/mol. The second-order valence-corrected chi connectivity index (χ2v) is 7.33. The quantitative estimate of drug-likeness (QED) is 0.605. The molecule has 1 atom stereocenters. The first-order valence-electron chi connectivity index (χ1n) is 9.87. The number of amides is 1. The standard InChI is InChI=1S/C22H23N5O2/c28-21(18-9-5-2-6-10-18)19-11-13-26(14-12-19)22(29)20(27-16-23-24-25-27)15-17-7-3-1-4-8-17/h1-10,16,19-20H,11-15H2. The number of carbonyl (C=O) groups is 2. The summed E-state index contributed by atoms with van der Waals surface area (Å²) in [5.74, 6) is 0.118. The predicted octanol–water partition coefficient (Wildman–Crippen LogP) is 2.58. The first-order valence-corrected chi connectivity index (χ1v) is 9.87. The van der Waals surface area contributed by atoms with E-state index in [1.807, 2.05) is 65.6 Å². The number of nitrogens with zero attached hydrogens (tertiary/aromatic N) is 5. The minimum atomic E-state index is -0.492. The first-order chi connectivity index (χ1) is 14.2. The lowest BCUT2D eigenvalue weighted by Crippen LogP contribution is -2.44. The van der Waals surface area contributed by atoms with Gasteiger partial charge in [0.15, 0.2) is 5.78 Å². The molecule has 4 rings (SSSR count). The number of likely N-dealkylation sites (tertiary alicyclic amines) is 1. The number of hydrogen-bond donors (Lipinski definition) is 0. The van der Waals surface area contributed by atoms with Gasteiger partial charge in [-0.25, -0.2) is 4.68 Å². The summed E-state index contributed by atoms with van der Waals surface area (Å²) in [6.45, 7) is 1.13. The summed E-state index contributed by atoms with van der Waals surface area (Å²) in [4.78, 5) is 27.8. The Kier molecular flexibility index (Phi) is 5.74. The molecule has 1 fully saturated rings. The summed E-state index contributed by atoms with van der Waals surface area (Å²) in [6.07, 6.45) is 3.35. The highest BCUT2D eigenvalue weighted by Crippen LogP contribution is 2.24. The first kappa shape index (κ1) is 19.0. The van der Waals surface area contributed by atoms with E-state index in [2.05, 4.69) is 15.5 Å². The van der Waals surface area contributed by atoms with Gasteiger partial charge in [-0.1, -0.05) is 60.7 Å². The lowest BCUT2D eigenvalue weighted by Gasteiger charge is -2.33. The van der Waals surface area contributed by atoms with Gasteiger partial charge < -0.3 is 4.90 Å². The fraction of sp³-hybridized carbons (Fsp3) is 0.318. The molecule has 7 nitrogen and oxygen atoms in total. The third kappa shape index (κ3) is 4.39. The second kappa shape index (κ2) is 8.77. The predicted molar refractivity (Wildman–Crippen MR) is 107 cm³/mol. The maximum absolute atomic E-state index is 13.3. The molecule has 0 bridgehead atoms. The number of ketones is 1. The van der Waals surface area contributed by atoms with Crippen LogP contribution in [0.5, 0.6) is 0 Å². The molecule has 0 radical (unpaired) electrons. The van der Waals surface area contributed by atoms with Crippen LogP contribution in [0.15, 0.2) is 67.0 Å². The van der Waals surface area contributed by atoms with Crippen LogP contribution in [0.3, 0.4) is 0 Å². The summed E-state index contributed by atoms with van der Waals surface area (Å²) < 4.78 is 1.52. The number of Topliss-reactive ketones (excluding diaryl/α,β-unsaturated/α-hetero) is 1. The summed E-state index contributed by atoms with van der Waals surface area (Å²) >= 11 is 0. The topological polar surface area (TPSA) is 81.0 Å². The van der Waals surface area contributed by atoms with Crippen LogP contribution in [0.4, 0.5) is 0 Å². The van der Waals surface area contributed by atoms with Gasteiger partial charge in [0, 0.05) is 31.0 Å². The van der Waals surface area contributed by atoms with Crippen molar-refractivity contribution in [2.75, 3.05) is 13.1 Å². The van der Waals surface area contributed by atoms with Crippen molar-refractivity contribution >= 4 is 11.7 Å². The summed E-state index contributed by atoms with van der Waals surface area (Å²) in [5.41, 5.74) is 1.79. The van der Waals surface area contributed by atoms with Crippen molar-refractivity contribution < 1.29 is 9.59 Å². The molecule has 0 N–H and O–H groups in total. The lowest BCUT2D eigenvalue weighted by atomic mass is 9.88. The van der Waals surface area contributed by atoms with E-state index in [1.165, 1.54) is 11.0 Å². The number of benzene rings is 2. The summed E-state index contributed by atoms with van der Waals surface area (Å²) in [6, 6.07) is 18.7. The molecular weight excluding hydrogens is 366 g/mol. The fourth-order valence-electron chi connectivity index (χ4n) is 3.85. The van der Waals surface area contributed by atoms with Gasteiger partial charge in [-0.05, 0) is 28.8 Å². The fourth-order valence-corrected chi connectivity index (χ4v) is 3.85. The number of hydrogen-bond acceptors (Lipinski definition) is 5. The number of carbonyl (C=O) groups excluding carboxylic acids is 2. The van der Waals surface area contributed by atoms with Gasteiger partial charge in [-0.3, -0.25) is 9.59 Å². The van der Waals surface area contributed by atoms with Crippen LogP contribution in [-0.4, -0.2) is 49.9 Å². The van der Waals surface area contributed by atoms with Crippen molar-refractivity contribution in [1.29, 1.82) is 0 Å². The van der Waals surface area contributed by atoms with Crippen LogP contribution >= 0.6 is 0 Å². The minimum absolute atomic E-state index is 0.00763. The molecule has 0 aliphatic carbocycles. The average Bonchev–Trinajstić information content (AvgIpc) is 3.32. The van der Waals surface area contributed by atoms with Gasteiger partial charge in [0.2, 0.25) is 5.91 Å². The summed E-state index contributed by atoms with van der Waals surface area (Å²) in [7, 11) is 0. The third-order valence-corrected chi connectivity index (χ3v) is 5.48. The van der Waals surface area contributed by atoms with E-state index < -0.39 is 6.04 Å². The zero-order valence-electron chi connectivity index (χ0n) is 16.1. The third-order valence-electron chi connectivity index (χ3n) is 5.48. The Morgan fingerprint density at radius 1 is 0.966 bits per heavy atom.